The Balaban J connectivity index is 1.05. The van der Waals surface area contributed by atoms with E-state index in [-0.39, 0.29) is 16.2 Å². The third kappa shape index (κ3) is 4.86. The molecule has 6 aromatic carbocycles. The standard InChI is InChI=1S/C57H48/c1-55(2)47-33-45-49(56(3,4)51-29-37(27-25-35-17-9-7-10-18-35)39-21-13-15-23-41(39)53(45)51)31-43(47)44-32-50-46(34-48(44)55)54-42-24-16-14-22-40(42)38(30-52(54)57(50,5)6)28-26-36-19-11-8-12-20-36/h7-23,25-34,42H,24H2,1-6H3/b27-25+,28-26+. The molecule has 0 bridgehead atoms. The minimum atomic E-state index is -0.145. The van der Waals surface area contributed by atoms with Crippen LogP contribution in [0, 0.1) is 5.92 Å². The van der Waals surface area contributed by atoms with Crippen molar-refractivity contribution in [1.82, 2.24) is 0 Å². The predicted octanol–water partition coefficient (Wildman–Crippen LogP) is 14.8. The molecule has 1 unspecified atom stereocenters. The molecule has 0 amide bonds. The van der Waals surface area contributed by atoms with Gasteiger partial charge in [0.1, 0.15) is 0 Å². The fourth-order valence-electron chi connectivity index (χ4n) is 11.1. The Morgan fingerprint density at radius 2 is 1.05 bits per heavy atom. The van der Waals surface area contributed by atoms with Gasteiger partial charge in [0.25, 0.3) is 0 Å². The molecule has 1 atom stereocenters. The van der Waals surface area contributed by atoms with Crippen molar-refractivity contribution >= 4 is 34.6 Å². The van der Waals surface area contributed by atoms with Crippen LogP contribution in [0.2, 0.25) is 0 Å². The summed E-state index contributed by atoms with van der Waals surface area (Å²) in [6.07, 6.45) is 19.7. The van der Waals surface area contributed by atoms with Gasteiger partial charge in [-0.15, -0.1) is 0 Å². The first kappa shape index (κ1) is 34.3. The smallest absolute Gasteiger partial charge is 0.0159 e. The van der Waals surface area contributed by atoms with Crippen molar-refractivity contribution in [3.63, 3.8) is 0 Å². The minimum absolute atomic E-state index is 0.111. The van der Waals surface area contributed by atoms with Gasteiger partial charge in [-0.25, -0.2) is 0 Å². The molecule has 0 fully saturated rings. The van der Waals surface area contributed by atoms with E-state index >= 15 is 0 Å². The lowest BCUT2D eigenvalue weighted by Gasteiger charge is -2.32. The highest BCUT2D eigenvalue weighted by Crippen LogP contribution is 2.62. The molecule has 0 saturated heterocycles. The Morgan fingerprint density at radius 3 is 1.74 bits per heavy atom. The molecule has 0 N–H and O–H groups in total. The molecule has 0 heteroatoms. The molecular formula is C57H48. The summed E-state index contributed by atoms with van der Waals surface area (Å²) < 4.78 is 0. The van der Waals surface area contributed by atoms with Crippen molar-refractivity contribution in [1.29, 1.82) is 0 Å². The number of hydrogen-bond acceptors (Lipinski definition) is 0. The Bertz CT molecular complexity index is 2910. The van der Waals surface area contributed by atoms with Crippen LogP contribution in [0.3, 0.4) is 0 Å². The molecule has 11 rings (SSSR count). The Morgan fingerprint density at radius 1 is 0.509 bits per heavy atom. The Kier molecular flexibility index (Phi) is 7.23. The number of fused-ring (bicyclic) bond motifs is 12. The molecule has 0 aromatic heterocycles. The van der Waals surface area contributed by atoms with E-state index in [9.17, 15) is 0 Å². The molecule has 0 saturated carbocycles. The van der Waals surface area contributed by atoms with Crippen molar-refractivity contribution in [2.75, 3.05) is 0 Å². The second-order valence-corrected chi connectivity index (χ2v) is 18.4. The van der Waals surface area contributed by atoms with E-state index in [0.717, 1.165) is 6.42 Å². The van der Waals surface area contributed by atoms with Gasteiger partial charge in [0.2, 0.25) is 0 Å². The minimum Gasteiger partial charge on any atom is -0.0836 e. The molecule has 5 aliphatic carbocycles. The molecular weight excluding hydrogens is 685 g/mol. The van der Waals surface area contributed by atoms with Gasteiger partial charge in [-0.05, 0) is 142 Å². The van der Waals surface area contributed by atoms with Gasteiger partial charge >= 0.3 is 0 Å². The summed E-state index contributed by atoms with van der Waals surface area (Å²) in [6.45, 7) is 14.7. The molecule has 0 heterocycles. The summed E-state index contributed by atoms with van der Waals surface area (Å²) in [4.78, 5) is 0. The predicted molar refractivity (Wildman–Crippen MR) is 243 cm³/mol. The van der Waals surface area contributed by atoms with Gasteiger partial charge in [-0.2, -0.15) is 0 Å². The zero-order chi connectivity index (χ0) is 38.8. The van der Waals surface area contributed by atoms with Gasteiger partial charge in [-0.1, -0.05) is 175 Å². The van der Waals surface area contributed by atoms with E-state index in [2.05, 4.69) is 205 Å². The third-order valence-electron chi connectivity index (χ3n) is 14.2. The van der Waals surface area contributed by atoms with Crippen molar-refractivity contribution in [3.8, 4) is 22.3 Å². The summed E-state index contributed by atoms with van der Waals surface area (Å²) in [6, 6.07) is 43.3. The zero-order valence-corrected chi connectivity index (χ0v) is 33.9. The Labute approximate surface area is 338 Å². The lowest BCUT2D eigenvalue weighted by Crippen LogP contribution is -2.20. The van der Waals surface area contributed by atoms with Crippen molar-refractivity contribution < 1.29 is 0 Å². The van der Waals surface area contributed by atoms with Gasteiger partial charge in [0.05, 0.1) is 0 Å². The highest BCUT2D eigenvalue weighted by molar-refractivity contribution is 6.07. The van der Waals surface area contributed by atoms with E-state index in [1.807, 2.05) is 0 Å². The second-order valence-electron chi connectivity index (χ2n) is 18.4. The molecule has 6 aromatic rings. The first-order valence-corrected chi connectivity index (χ1v) is 20.8. The summed E-state index contributed by atoms with van der Waals surface area (Å²) in [5.41, 5.74) is 23.5. The highest BCUT2D eigenvalue weighted by atomic mass is 14.5. The summed E-state index contributed by atoms with van der Waals surface area (Å²) in [5, 5.41) is 2.65. The van der Waals surface area contributed by atoms with Crippen LogP contribution < -0.4 is 0 Å². The van der Waals surface area contributed by atoms with Crippen LogP contribution >= 0.6 is 0 Å². The number of allylic oxidation sites excluding steroid dienone is 9. The lowest BCUT2D eigenvalue weighted by atomic mass is 9.72. The van der Waals surface area contributed by atoms with Gasteiger partial charge < -0.3 is 0 Å². The second kappa shape index (κ2) is 12.0. The first-order valence-electron chi connectivity index (χ1n) is 20.8. The van der Waals surface area contributed by atoms with E-state index < -0.39 is 0 Å². The SMILES string of the molecule is CC1(C)C2=C(c3cc4c(cc31)-c1cc3c(cc1C4(C)C)-c1c(cc(/C=C/c4ccccc4)c4ccccc14)C3(C)C)C1CC=CC=C1C(/C=C/c1ccccc1)=C2. The normalized spacial score (nSPS) is 19.9. The van der Waals surface area contributed by atoms with Gasteiger partial charge in [0.15, 0.2) is 0 Å². The maximum absolute atomic E-state index is 2.62. The average molecular weight is 733 g/mol. The van der Waals surface area contributed by atoms with E-state index in [1.165, 1.54) is 105 Å². The highest BCUT2D eigenvalue weighted by Gasteiger charge is 2.47. The molecule has 0 aliphatic heterocycles. The fraction of sp³-hybridized carbons (Fsp3) is 0.193. The largest absolute Gasteiger partial charge is 0.0836 e. The average Bonchev–Trinajstić information content (AvgIpc) is 3.70. The van der Waals surface area contributed by atoms with Crippen LogP contribution in [0.1, 0.15) is 98.0 Å². The summed E-state index contributed by atoms with van der Waals surface area (Å²) >= 11 is 0. The quantitative estimate of drug-likeness (QED) is 0.158. The van der Waals surface area contributed by atoms with E-state index in [0.29, 0.717) is 5.92 Å². The first-order chi connectivity index (χ1) is 27.5. The van der Waals surface area contributed by atoms with Gasteiger partial charge in [0, 0.05) is 22.2 Å². The van der Waals surface area contributed by atoms with Crippen LogP contribution in [0.5, 0.6) is 0 Å². The maximum Gasteiger partial charge on any atom is 0.0159 e. The lowest BCUT2D eigenvalue weighted by molar-refractivity contribution is 0.642. The van der Waals surface area contributed by atoms with Crippen molar-refractivity contribution in [2.45, 2.75) is 64.2 Å². The molecule has 276 valence electrons. The topological polar surface area (TPSA) is 0 Å². The molecule has 57 heavy (non-hydrogen) atoms. The van der Waals surface area contributed by atoms with E-state index in [1.54, 1.807) is 0 Å². The molecule has 0 radical (unpaired) electrons. The van der Waals surface area contributed by atoms with Crippen LogP contribution in [0.25, 0.3) is 56.8 Å². The van der Waals surface area contributed by atoms with Crippen LogP contribution in [-0.4, -0.2) is 0 Å². The summed E-state index contributed by atoms with van der Waals surface area (Å²) in [7, 11) is 0. The fourth-order valence-corrected chi connectivity index (χ4v) is 11.1. The van der Waals surface area contributed by atoms with Crippen molar-refractivity contribution in [3.05, 3.63) is 212 Å². The summed E-state index contributed by atoms with van der Waals surface area (Å²) in [5.74, 6) is 0.359. The van der Waals surface area contributed by atoms with Gasteiger partial charge in [-0.3, -0.25) is 0 Å². The third-order valence-corrected chi connectivity index (χ3v) is 14.2. The Hall–Kier alpha value is -5.98. The number of rotatable bonds is 4. The maximum atomic E-state index is 2.62. The monoisotopic (exact) mass is 732 g/mol. The number of hydrogen-bond donors (Lipinski definition) is 0. The van der Waals surface area contributed by atoms with Crippen molar-refractivity contribution in [2.24, 2.45) is 5.92 Å². The molecule has 0 nitrogen and oxygen atoms in total. The van der Waals surface area contributed by atoms with E-state index in [4.69, 9.17) is 0 Å². The van der Waals surface area contributed by atoms with Crippen LogP contribution in [-0.2, 0) is 16.2 Å². The zero-order valence-electron chi connectivity index (χ0n) is 33.9. The number of benzene rings is 6. The van der Waals surface area contributed by atoms with Crippen LogP contribution in [0.4, 0.5) is 0 Å². The van der Waals surface area contributed by atoms with Crippen LogP contribution in [0.15, 0.2) is 162 Å². The molecule has 0 spiro atoms. The molecule has 5 aliphatic rings.